The van der Waals surface area contributed by atoms with Gasteiger partial charge in [-0.05, 0) is 47.5 Å². The van der Waals surface area contributed by atoms with E-state index in [2.05, 4.69) is 10.1 Å². The molecule has 0 aliphatic heterocycles. The van der Waals surface area contributed by atoms with Crippen LogP contribution in [-0.2, 0) is 14.3 Å². The Bertz CT molecular complexity index is 944. The molecule has 0 heterocycles. The Morgan fingerprint density at radius 1 is 0.828 bits per heavy atom. The van der Waals surface area contributed by atoms with Gasteiger partial charge in [0.1, 0.15) is 0 Å². The lowest BCUT2D eigenvalue weighted by atomic mass is 10.1. The summed E-state index contributed by atoms with van der Waals surface area (Å²) in [6.45, 7) is 0. The van der Waals surface area contributed by atoms with Crippen LogP contribution in [0.1, 0.15) is 21.5 Å². The number of carbonyl (C=O) groups excluding carboxylic acids is 3. The van der Waals surface area contributed by atoms with E-state index in [-0.39, 0.29) is 11.7 Å². The van der Waals surface area contributed by atoms with Gasteiger partial charge in [0.25, 0.3) is 5.91 Å². The minimum atomic E-state index is -0.587. The van der Waals surface area contributed by atoms with Crippen molar-refractivity contribution in [3.8, 4) is 11.5 Å². The van der Waals surface area contributed by atoms with E-state index in [1.807, 2.05) is 0 Å². The maximum atomic E-state index is 12.1. The Balaban J connectivity index is 2.06. The van der Waals surface area contributed by atoms with Gasteiger partial charge in [-0.15, -0.1) is 0 Å². The van der Waals surface area contributed by atoms with Crippen molar-refractivity contribution in [2.24, 2.45) is 0 Å². The van der Waals surface area contributed by atoms with Crippen LogP contribution < -0.4 is 14.8 Å². The first-order valence-corrected chi connectivity index (χ1v) is 8.63. The monoisotopic (exact) mass is 395 g/mol. The molecule has 0 aliphatic rings. The van der Waals surface area contributed by atoms with Crippen LogP contribution >= 0.6 is 0 Å². The molecule has 29 heavy (non-hydrogen) atoms. The third-order valence-electron chi connectivity index (χ3n) is 3.82. The summed E-state index contributed by atoms with van der Waals surface area (Å²) in [5, 5.41) is 2.54. The molecule has 150 valence electrons. The van der Waals surface area contributed by atoms with Crippen LogP contribution in [0.2, 0.25) is 0 Å². The normalized spacial score (nSPS) is 10.7. The fraction of sp³-hybridized carbons (Fsp3) is 0.136. The Labute approximate surface area is 168 Å². The minimum absolute atomic E-state index is 0.183. The van der Waals surface area contributed by atoms with Crippen molar-refractivity contribution < 1.29 is 28.6 Å². The third kappa shape index (κ3) is 6.35. The number of hydrogen-bond donors (Lipinski definition) is 1. The van der Waals surface area contributed by atoms with Crippen molar-refractivity contribution in [1.82, 2.24) is 5.32 Å². The highest BCUT2D eigenvalue weighted by Gasteiger charge is 2.09. The molecule has 0 saturated heterocycles. The van der Waals surface area contributed by atoms with Crippen molar-refractivity contribution in [2.75, 3.05) is 21.3 Å². The molecule has 0 unspecified atom stereocenters. The summed E-state index contributed by atoms with van der Waals surface area (Å²) in [4.78, 5) is 34.8. The molecule has 7 heteroatoms. The highest BCUT2D eigenvalue weighted by molar-refractivity contribution is 5.94. The van der Waals surface area contributed by atoms with E-state index < -0.39 is 11.9 Å². The molecule has 1 N–H and O–H groups in total. The van der Waals surface area contributed by atoms with Gasteiger partial charge in [-0.2, -0.15) is 0 Å². The van der Waals surface area contributed by atoms with Crippen LogP contribution in [-0.4, -0.2) is 39.1 Å². The lowest BCUT2D eigenvalue weighted by Gasteiger charge is -2.08. The van der Waals surface area contributed by atoms with Crippen molar-refractivity contribution in [1.29, 1.82) is 0 Å². The molecule has 0 saturated carbocycles. The van der Waals surface area contributed by atoms with Gasteiger partial charge in [0.2, 0.25) is 0 Å². The maximum absolute atomic E-state index is 12.1. The second-order valence-electron chi connectivity index (χ2n) is 5.72. The lowest BCUT2D eigenvalue weighted by Crippen LogP contribution is -2.17. The average Bonchev–Trinajstić information content (AvgIpc) is 2.76. The molecule has 0 atom stereocenters. The summed E-state index contributed by atoms with van der Waals surface area (Å²) in [5.41, 5.74) is 1.95. The fourth-order valence-corrected chi connectivity index (χ4v) is 2.30. The third-order valence-corrected chi connectivity index (χ3v) is 3.82. The van der Waals surface area contributed by atoms with E-state index in [1.165, 1.54) is 26.4 Å². The maximum Gasteiger partial charge on any atom is 0.336 e. The Kier molecular flexibility index (Phi) is 7.73. The summed E-state index contributed by atoms with van der Waals surface area (Å²) < 4.78 is 15.1. The number of nitrogens with one attached hydrogen (secondary N) is 1. The molecule has 0 aromatic heterocycles. The van der Waals surface area contributed by atoms with Gasteiger partial charge < -0.3 is 19.5 Å². The number of ether oxygens (including phenoxy) is 3. The van der Waals surface area contributed by atoms with E-state index in [0.29, 0.717) is 16.9 Å². The number of hydrogen-bond acceptors (Lipinski definition) is 6. The topological polar surface area (TPSA) is 90.9 Å². The average molecular weight is 395 g/mol. The Morgan fingerprint density at radius 2 is 1.45 bits per heavy atom. The second-order valence-corrected chi connectivity index (χ2v) is 5.72. The van der Waals surface area contributed by atoms with Crippen molar-refractivity contribution in [2.45, 2.75) is 0 Å². The van der Waals surface area contributed by atoms with Gasteiger partial charge in [-0.1, -0.05) is 18.2 Å². The van der Waals surface area contributed by atoms with Crippen LogP contribution in [0.5, 0.6) is 11.5 Å². The fourth-order valence-electron chi connectivity index (χ4n) is 2.30. The van der Waals surface area contributed by atoms with Gasteiger partial charge in [0.15, 0.2) is 11.5 Å². The van der Waals surface area contributed by atoms with E-state index in [9.17, 15) is 14.4 Å². The molecule has 1 amide bonds. The Morgan fingerprint density at radius 3 is 2.07 bits per heavy atom. The van der Waals surface area contributed by atoms with E-state index in [1.54, 1.807) is 61.7 Å². The summed E-state index contributed by atoms with van der Waals surface area (Å²) >= 11 is 0. The second kappa shape index (κ2) is 10.5. The Hall–Kier alpha value is -3.87. The number of carbonyl (C=O) groups is 3. The number of methoxy groups -OCH3 is 2. The first-order valence-electron chi connectivity index (χ1n) is 8.63. The van der Waals surface area contributed by atoms with Crippen LogP contribution in [0.25, 0.3) is 12.2 Å². The highest BCUT2D eigenvalue weighted by atomic mass is 16.6. The predicted molar refractivity (Wildman–Crippen MR) is 109 cm³/mol. The summed E-state index contributed by atoms with van der Waals surface area (Å²) in [6.07, 6.45) is 5.69. The molecule has 2 aromatic rings. The van der Waals surface area contributed by atoms with Crippen molar-refractivity contribution >= 4 is 30.0 Å². The predicted octanol–water partition coefficient (Wildman–Crippen LogP) is 2.86. The molecular weight excluding hydrogens is 374 g/mol. The largest absolute Gasteiger partial charge is 0.493 e. The molecule has 2 aromatic carbocycles. The van der Waals surface area contributed by atoms with Crippen LogP contribution in [0, 0.1) is 0 Å². The summed E-state index contributed by atoms with van der Waals surface area (Å²) in [5.74, 6) is -0.664. The van der Waals surface area contributed by atoms with E-state index in [4.69, 9.17) is 9.47 Å². The van der Waals surface area contributed by atoms with Gasteiger partial charge in [-0.3, -0.25) is 4.79 Å². The highest BCUT2D eigenvalue weighted by Crippen LogP contribution is 2.28. The zero-order valence-electron chi connectivity index (χ0n) is 16.3. The lowest BCUT2D eigenvalue weighted by molar-refractivity contribution is -0.134. The minimum Gasteiger partial charge on any atom is -0.493 e. The molecule has 0 spiro atoms. The summed E-state index contributed by atoms with van der Waals surface area (Å²) in [7, 11) is 4.30. The van der Waals surface area contributed by atoms with Crippen LogP contribution in [0.15, 0.2) is 54.6 Å². The van der Waals surface area contributed by atoms with Crippen LogP contribution in [0.3, 0.4) is 0 Å². The number of rotatable bonds is 7. The molecule has 2 rings (SSSR count). The molecule has 0 aliphatic carbocycles. The van der Waals surface area contributed by atoms with Crippen molar-refractivity contribution in [3.63, 3.8) is 0 Å². The van der Waals surface area contributed by atoms with E-state index >= 15 is 0 Å². The number of esters is 2. The smallest absolute Gasteiger partial charge is 0.336 e. The SMILES string of the molecule is CNC(=O)c1ccc(/C=C/C(=O)Oc2ccc(/C=C/C(=O)OC)cc2OC)cc1. The molecular formula is C22H21NO6. The zero-order valence-corrected chi connectivity index (χ0v) is 16.3. The molecule has 0 radical (unpaired) electrons. The number of benzene rings is 2. The van der Waals surface area contributed by atoms with Gasteiger partial charge >= 0.3 is 11.9 Å². The van der Waals surface area contributed by atoms with Gasteiger partial charge in [-0.25, -0.2) is 9.59 Å². The summed E-state index contributed by atoms with van der Waals surface area (Å²) in [6, 6.07) is 11.6. The van der Waals surface area contributed by atoms with Crippen LogP contribution in [0.4, 0.5) is 0 Å². The first-order chi connectivity index (χ1) is 14.0. The molecule has 0 bridgehead atoms. The first kappa shape index (κ1) is 21.4. The molecule has 0 fully saturated rings. The van der Waals surface area contributed by atoms with E-state index in [0.717, 1.165) is 5.56 Å². The van der Waals surface area contributed by atoms with Gasteiger partial charge in [0.05, 0.1) is 14.2 Å². The zero-order chi connectivity index (χ0) is 21.2. The van der Waals surface area contributed by atoms with Gasteiger partial charge in [0, 0.05) is 24.8 Å². The van der Waals surface area contributed by atoms with Crippen molar-refractivity contribution in [3.05, 3.63) is 71.3 Å². The quantitative estimate of drug-likeness (QED) is 0.440. The number of amides is 1. The molecule has 7 nitrogen and oxygen atoms in total. The standard InChI is InChI=1S/C22H21NO6/c1-23-22(26)17-9-4-15(5-10-17)7-13-21(25)29-18-11-6-16(14-19(18)27-2)8-12-20(24)28-3/h4-14H,1-3H3,(H,23,26)/b12-8+,13-7+.